The summed E-state index contributed by atoms with van der Waals surface area (Å²) in [4.78, 5) is 0.0599. The Bertz CT molecular complexity index is 806. The predicted octanol–water partition coefficient (Wildman–Crippen LogP) is 1.91. The molecule has 7 heteroatoms. The molecule has 1 heterocycles. The Morgan fingerprint density at radius 1 is 1.14 bits per heavy atom. The molecule has 122 valence electrons. The fourth-order valence-electron chi connectivity index (χ4n) is 3.78. The van der Waals surface area contributed by atoms with Crippen LogP contribution in [0.25, 0.3) is 0 Å². The average Bonchev–Trinajstić information content (AvgIpc) is 2.41. The van der Waals surface area contributed by atoms with Gasteiger partial charge in [-0.05, 0) is 38.8 Å². The topological polar surface area (TPSA) is 77.5 Å². The van der Waals surface area contributed by atoms with Gasteiger partial charge in [0.25, 0.3) is 10.1 Å². The summed E-state index contributed by atoms with van der Waals surface area (Å²) in [6, 6.07) is 6.33. The molecule has 1 aliphatic heterocycles. The van der Waals surface area contributed by atoms with Crippen LogP contribution in [0.4, 0.5) is 0 Å². The van der Waals surface area contributed by atoms with Crippen LogP contribution < -0.4 is 0 Å². The summed E-state index contributed by atoms with van der Waals surface area (Å²) in [5.74, 6) is -0.125. The zero-order chi connectivity index (χ0) is 16.5. The van der Waals surface area contributed by atoms with Gasteiger partial charge in [0.2, 0.25) is 0 Å². The first-order valence-electron chi connectivity index (χ1n) is 7.23. The molecular formula is C15H20O5S2. The number of hydrogen-bond donors (Lipinski definition) is 0. The first kappa shape index (κ1) is 16.0. The van der Waals surface area contributed by atoms with Gasteiger partial charge < -0.3 is 0 Å². The lowest BCUT2D eigenvalue weighted by Crippen LogP contribution is -2.78. The molecule has 0 radical (unpaired) electrons. The van der Waals surface area contributed by atoms with Crippen LogP contribution in [0.1, 0.15) is 26.3 Å². The molecule has 1 aliphatic carbocycles. The summed E-state index contributed by atoms with van der Waals surface area (Å²) < 4.78 is 53.7. The molecule has 4 atom stereocenters. The van der Waals surface area contributed by atoms with E-state index in [0.29, 0.717) is 0 Å². The normalized spacial score (nSPS) is 35.1. The Balaban J connectivity index is 1.85. The van der Waals surface area contributed by atoms with Gasteiger partial charge in [-0.2, -0.15) is 8.42 Å². The van der Waals surface area contributed by atoms with Crippen molar-refractivity contribution >= 4 is 20.0 Å². The summed E-state index contributed by atoms with van der Waals surface area (Å²) in [7, 11) is -7.28. The Morgan fingerprint density at radius 3 is 2.23 bits per heavy atom. The summed E-state index contributed by atoms with van der Waals surface area (Å²) in [5, 5.41) is -0.697. The van der Waals surface area contributed by atoms with Crippen LogP contribution >= 0.6 is 0 Å². The van der Waals surface area contributed by atoms with Gasteiger partial charge in [0, 0.05) is 5.92 Å². The number of sulfone groups is 1. The summed E-state index contributed by atoms with van der Waals surface area (Å²) >= 11 is 0. The maximum absolute atomic E-state index is 12.3. The SMILES string of the molecule is Cc1ccc(S(=O)(=O)O[C@H]2[C@H](C)[C@@H]3[C@@H]2S(=O)(=O)C3(C)C)cc1. The molecule has 2 fully saturated rings. The minimum absolute atomic E-state index is 0.0317. The number of fused-ring (bicyclic) bond motifs is 1. The number of rotatable bonds is 3. The first-order chi connectivity index (χ1) is 10.00. The summed E-state index contributed by atoms with van der Waals surface area (Å²) in [6.45, 7) is 7.11. The molecule has 1 saturated heterocycles. The lowest BCUT2D eigenvalue weighted by molar-refractivity contribution is -0.0324. The lowest BCUT2D eigenvalue weighted by atomic mass is 9.64. The van der Waals surface area contributed by atoms with Crippen molar-refractivity contribution in [1.29, 1.82) is 0 Å². The molecule has 5 nitrogen and oxygen atoms in total. The molecule has 0 N–H and O–H groups in total. The highest BCUT2D eigenvalue weighted by Gasteiger charge is 2.74. The molecule has 1 aromatic carbocycles. The van der Waals surface area contributed by atoms with E-state index in [1.807, 2.05) is 13.8 Å². The quantitative estimate of drug-likeness (QED) is 0.783. The van der Waals surface area contributed by atoms with Gasteiger partial charge in [0.05, 0.1) is 21.0 Å². The minimum Gasteiger partial charge on any atom is -0.261 e. The lowest BCUT2D eigenvalue weighted by Gasteiger charge is -2.64. The highest BCUT2D eigenvalue weighted by atomic mass is 32.2. The Hall–Kier alpha value is -0.920. The summed E-state index contributed by atoms with van der Waals surface area (Å²) in [5.41, 5.74) is 0.944. The van der Waals surface area contributed by atoms with E-state index < -0.39 is 36.1 Å². The van der Waals surface area contributed by atoms with Gasteiger partial charge in [-0.15, -0.1) is 0 Å². The third kappa shape index (κ3) is 1.91. The van der Waals surface area contributed by atoms with Crippen LogP contribution in [0, 0.1) is 18.8 Å². The molecule has 0 unspecified atom stereocenters. The zero-order valence-corrected chi connectivity index (χ0v) is 14.6. The van der Waals surface area contributed by atoms with Crippen molar-refractivity contribution in [3.63, 3.8) is 0 Å². The number of benzene rings is 1. The highest BCUT2D eigenvalue weighted by Crippen LogP contribution is 2.61. The highest BCUT2D eigenvalue weighted by molar-refractivity contribution is 7.95. The van der Waals surface area contributed by atoms with E-state index in [1.165, 1.54) is 12.1 Å². The van der Waals surface area contributed by atoms with E-state index in [4.69, 9.17) is 4.18 Å². The van der Waals surface area contributed by atoms with E-state index in [-0.39, 0.29) is 16.7 Å². The van der Waals surface area contributed by atoms with Gasteiger partial charge >= 0.3 is 0 Å². The van der Waals surface area contributed by atoms with Crippen LogP contribution in [0.2, 0.25) is 0 Å². The van der Waals surface area contributed by atoms with Crippen LogP contribution in [-0.4, -0.2) is 32.9 Å². The van der Waals surface area contributed by atoms with Gasteiger partial charge in [0.1, 0.15) is 0 Å². The Kier molecular flexibility index (Phi) is 3.30. The van der Waals surface area contributed by atoms with Crippen molar-refractivity contribution in [3.05, 3.63) is 29.8 Å². The van der Waals surface area contributed by atoms with E-state index in [9.17, 15) is 16.8 Å². The molecule has 22 heavy (non-hydrogen) atoms. The van der Waals surface area contributed by atoms with E-state index in [1.54, 1.807) is 26.0 Å². The van der Waals surface area contributed by atoms with Crippen molar-refractivity contribution in [2.75, 3.05) is 0 Å². The van der Waals surface area contributed by atoms with Crippen molar-refractivity contribution in [2.45, 2.75) is 48.7 Å². The fraction of sp³-hybridized carbons (Fsp3) is 0.600. The van der Waals surface area contributed by atoms with Crippen LogP contribution in [0.3, 0.4) is 0 Å². The zero-order valence-electron chi connectivity index (χ0n) is 13.0. The van der Waals surface area contributed by atoms with E-state index in [2.05, 4.69) is 0 Å². The minimum atomic E-state index is -3.94. The van der Waals surface area contributed by atoms with Crippen molar-refractivity contribution in [2.24, 2.45) is 11.8 Å². The second-order valence-electron chi connectivity index (χ2n) is 6.83. The molecule has 0 spiro atoms. The third-order valence-corrected chi connectivity index (χ3v) is 9.55. The van der Waals surface area contributed by atoms with Crippen molar-refractivity contribution in [1.82, 2.24) is 0 Å². The monoisotopic (exact) mass is 344 g/mol. The molecule has 0 bridgehead atoms. The van der Waals surface area contributed by atoms with Gasteiger partial charge in [-0.3, -0.25) is 4.18 Å². The van der Waals surface area contributed by atoms with Crippen LogP contribution in [0.5, 0.6) is 0 Å². The van der Waals surface area contributed by atoms with Gasteiger partial charge in [-0.1, -0.05) is 24.6 Å². The number of aryl methyl sites for hydroxylation is 1. The van der Waals surface area contributed by atoms with E-state index in [0.717, 1.165) is 5.56 Å². The van der Waals surface area contributed by atoms with Crippen molar-refractivity contribution in [3.8, 4) is 0 Å². The van der Waals surface area contributed by atoms with Crippen molar-refractivity contribution < 1.29 is 21.0 Å². The fourth-order valence-corrected chi connectivity index (χ4v) is 7.86. The molecule has 1 aromatic rings. The smallest absolute Gasteiger partial charge is 0.261 e. The van der Waals surface area contributed by atoms with E-state index >= 15 is 0 Å². The maximum Gasteiger partial charge on any atom is 0.297 e. The van der Waals surface area contributed by atoms with Gasteiger partial charge in [0.15, 0.2) is 9.84 Å². The largest absolute Gasteiger partial charge is 0.297 e. The van der Waals surface area contributed by atoms with Crippen LogP contribution in [-0.2, 0) is 24.1 Å². The molecule has 3 rings (SSSR count). The predicted molar refractivity (Wildman–Crippen MR) is 82.7 cm³/mol. The Labute approximate surface area is 131 Å². The van der Waals surface area contributed by atoms with Gasteiger partial charge in [-0.25, -0.2) is 8.42 Å². The second-order valence-corrected chi connectivity index (χ2v) is 11.1. The Morgan fingerprint density at radius 2 is 1.68 bits per heavy atom. The second kappa shape index (κ2) is 4.55. The summed E-state index contributed by atoms with van der Waals surface area (Å²) in [6.07, 6.45) is -0.783. The maximum atomic E-state index is 12.3. The molecule has 1 saturated carbocycles. The molecule has 0 amide bonds. The third-order valence-electron chi connectivity index (χ3n) is 5.20. The van der Waals surface area contributed by atoms with Crippen LogP contribution in [0.15, 0.2) is 29.2 Å². The molecule has 2 aliphatic rings. The average molecular weight is 344 g/mol. The molecular weight excluding hydrogens is 324 g/mol. The first-order valence-corrected chi connectivity index (χ1v) is 10.2. The number of hydrogen-bond acceptors (Lipinski definition) is 5. The standard InChI is InChI=1S/C15H20O5S2/c1-9-5-7-11(8-6-9)22(18,19)20-13-10(2)12-14(13)21(16,17)15(12,3)4/h5-8,10,12-14H,1-4H3/t10-,12-,13+,14+/m1/s1. The molecule has 0 aromatic heterocycles.